The topological polar surface area (TPSA) is 71.9 Å². The molecule has 1 fully saturated rings. The summed E-state index contributed by atoms with van der Waals surface area (Å²) in [6, 6.07) is 7.18. The Morgan fingerprint density at radius 2 is 1.71 bits per heavy atom. The van der Waals surface area contributed by atoms with E-state index in [9.17, 15) is 13.2 Å². The highest BCUT2D eigenvalue weighted by atomic mass is 32.2. The Balaban J connectivity index is 1.65. The predicted molar refractivity (Wildman–Crippen MR) is 122 cm³/mol. The van der Waals surface area contributed by atoms with Gasteiger partial charge in [0.1, 0.15) is 5.75 Å². The van der Waals surface area contributed by atoms with Crippen molar-refractivity contribution in [3.8, 4) is 5.75 Å². The maximum atomic E-state index is 13.0. The maximum Gasteiger partial charge on any atom is 0.243 e. The van der Waals surface area contributed by atoms with Gasteiger partial charge in [-0.2, -0.15) is 4.31 Å². The van der Waals surface area contributed by atoms with Crippen molar-refractivity contribution in [3.63, 3.8) is 0 Å². The molecule has 2 aromatic rings. The molecule has 0 amide bonds. The summed E-state index contributed by atoms with van der Waals surface area (Å²) in [6.45, 7) is 12.2. The van der Waals surface area contributed by atoms with Gasteiger partial charge in [0.2, 0.25) is 10.0 Å². The zero-order valence-corrected chi connectivity index (χ0v) is 20.1. The van der Waals surface area contributed by atoms with E-state index in [1.54, 1.807) is 25.3 Å². The molecule has 1 aliphatic rings. The molecular formula is C23H33N3O4S. The minimum atomic E-state index is -3.57. The van der Waals surface area contributed by atoms with Gasteiger partial charge in [0.25, 0.3) is 0 Å². The second-order valence-corrected chi connectivity index (χ2v) is 10.4. The molecule has 1 aliphatic heterocycles. The predicted octanol–water partition coefficient (Wildman–Crippen LogP) is 3.19. The highest BCUT2D eigenvalue weighted by molar-refractivity contribution is 7.89. The fraction of sp³-hybridized carbons (Fsp3) is 0.522. The summed E-state index contributed by atoms with van der Waals surface area (Å²) in [6.07, 6.45) is 0. The van der Waals surface area contributed by atoms with E-state index in [2.05, 4.69) is 18.4 Å². The number of ketones is 1. The zero-order chi connectivity index (χ0) is 22.9. The molecule has 1 aromatic carbocycles. The minimum absolute atomic E-state index is 0.0853. The Morgan fingerprint density at radius 1 is 1.06 bits per heavy atom. The zero-order valence-electron chi connectivity index (χ0n) is 19.3. The minimum Gasteiger partial charge on any atom is -0.496 e. The molecule has 0 unspecified atom stereocenters. The number of Topliss-reactive ketones (excluding diaryl/α,β-unsaturated/α-hetero) is 1. The average molecular weight is 448 g/mol. The first kappa shape index (κ1) is 23.5. The van der Waals surface area contributed by atoms with Crippen molar-refractivity contribution in [2.45, 2.75) is 45.6 Å². The van der Waals surface area contributed by atoms with Crippen LogP contribution in [0.2, 0.25) is 0 Å². The number of nitrogens with zero attached hydrogens (tertiary/aromatic N) is 3. The number of piperazine rings is 1. The third-order valence-corrected chi connectivity index (χ3v) is 7.90. The van der Waals surface area contributed by atoms with Crippen molar-refractivity contribution in [2.75, 3.05) is 39.8 Å². The molecule has 1 saturated heterocycles. The van der Waals surface area contributed by atoms with Gasteiger partial charge in [-0.15, -0.1) is 0 Å². The molecule has 0 spiro atoms. The van der Waals surface area contributed by atoms with Crippen LogP contribution in [-0.2, 0) is 10.0 Å². The Kier molecular flexibility index (Phi) is 6.93. The SMILES string of the molecule is COc1ccc(S(=O)(=O)N2CCN(CC(=O)c3cc(C)n(C(C)C)c3C)CC2)cc1C. The quantitative estimate of drug-likeness (QED) is 0.610. The van der Waals surface area contributed by atoms with E-state index in [-0.39, 0.29) is 10.7 Å². The van der Waals surface area contributed by atoms with Crippen molar-refractivity contribution in [1.82, 2.24) is 13.8 Å². The van der Waals surface area contributed by atoms with Crippen molar-refractivity contribution >= 4 is 15.8 Å². The number of carbonyl (C=O) groups is 1. The van der Waals surface area contributed by atoms with Gasteiger partial charge in [-0.1, -0.05) is 0 Å². The first-order chi connectivity index (χ1) is 14.6. The van der Waals surface area contributed by atoms with E-state index in [0.717, 1.165) is 22.5 Å². The van der Waals surface area contributed by atoms with Crippen LogP contribution >= 0.6 is 0 Å². The van der Waals surface area contributed by atoms with E-state index < -0.39 is 10.0 Å². The van der Waals surface area contributed by atoms with E-state index in [1.807, 2.05) is 31.7 Å². The van der Waals surface area contributed by atoms with Crippen molar-refractivity contribution < 1.29 is 17.9 Å². The van der Waals surface area contributed by atoms with Crippen LogP contribution in [0.3, 0.4) is 0 Å². The molecule has 170 valence electrons. The molecule has 3 rings (SSSR count). The van der Waals surface area contributed by atoms with Gasteiger partial charge in [-0.3, -0.25) is 9.69 Å². The molecule has 2 heterocycles. The van der Waals surface area contributed by atoms with E-state index >= 15 is 0 Å². The Hall–Kier alpha value is -2.16. The summed E-state index contributed by atoms with van der Waals surface area (Å²) in [7, 11) is -2.00. The monoisotopic (exact) mass is 447 g/mol. The Labute approximate surface area is 185 Å². The third-order valence-electron chi connectivity index (χ3n) is 6.00. The fourth-order valence-electron chi connectivity index (χ4n) is 4.43. The summed E-state index contributed by atoms with van der Waals surface area (Å²) < 4.78 is 35.0. The van der Waals surface area contributed by atoms with Crippen molar-refractivity contribution in [3.05, 3.63) is 46.8 Å². The van der Waals surface area contributed by atoms with Crippen LogP contribution < -0.4 is 4.74 Å². The number of hydrogen-bond acceptors (Lipinski definition) is 5. The number of aromatic nitrogens is 1. The molecule has 0 bridgehead atoms. The molecule has 0 atom stereocenters. The largest absolute Gasteiger partial charge is 0.496 e. The lowest BCUT2D eigenvalue weighted by Gasteiger charge is -2.33. The molecule has 0 radical (unpaired) electrons. The first-order valence-corrected chi connectivity index (χ1v) is 12.1. The van der Waals surface area contributed by atoms with Crippen LogP contribution in [0.15, 0.2) is 29.2 Å². The van der Waals surface area contributed by atoms with Gasteiger partial charge >= 0.3 is 0 Å². The maximum absolute atomic E-state index is 13.0. The number of aryl methyl sites for hydroxylation is 2. The highest BCUT2D eigenvalue weighted by Crippen LogP contribution is 2.25. The summed E-state index contributed by atoms with van der Waals surface area (Å²) in [5, 5.41) is 0. The third kappa shape index (κ3) is 4.71. The molecule has 7 nitrogen and oxygen atoms in total. The van der Waals surface area contributed by atoms with Crippen LogP contribution in [-0.4, -0.2) is 67.8 Å². The second-order valence-electron chi connectivity index (χ2n) is 8.48. The van der Waals surface area contributed by atoms with Gasteiger partial charge in [-0.05, 0) is 64.4 Å². The molecule has 0 N–H and O–H groups in total. The van der Waals surface area contributed by atoms with Gasteiger partial charge < -0.3 is 9.30 Å². The summed E-state index contributed by atoms with van der Waals surface area (Å²) >= 11 is 0. The summed E-state index contributed by atoms with van der Waals surface area (Å²) in [5.41, 5.74) is 3.62. The van der Waals surface area contributed by atoms with Crippen molar-refractivity contribution in [1.29, 1.82) is 0 Å². The van der Waals surface area contributed by atoms with E-state index in [4.69, 9.17) is 4.74 Å². The molecule has 0 aliphatic carbocycles. The number of sulfonamides is 1. The van der Waals surface area contributed by atoms with Gasteiger partial charge in [-0.25, -0.2) is 8.42 Å². The first-order valence-electron chi connectivity index (χ1n) is 10.6. The van der Waals surface area contributed by atoms with Crippen LogP contribution in [0.5, 0.6) is 5.75 Å². The van der Waals surface area contributed by atoms with E-state index in [1.165, 1.54) is 4.31 Å². The highest BCUT2D eigenvalue weighted by Gasteiger charge is 2.30. The number of hydrogen-bond donors (Lipinski definition) is 0. The van der Waals surface area contributed by atoms with Crippen LogP contribution in [0.1, 0.15) is 47.2 Å². The molecule has 8 heteroatoms. The summed E-state index contributed by atoms with van der Waals surface area (Å²) in [5.74, 6) is 0.751. The number of rotatable bonds is 7. The van der Waals surface area contributed by atoms with Crippen LogP contribution in [0.25, 0.3) is 0 Å². The standard InChI is InChI=1S/C23H33N3O4S/c1-16(2)26-18(4)14-21(19(26)5)22(27)15-24-9-11-25(12-10-24)31(28,29)20-7-8-23(30-6)17(3)13-20/h7-8,13-14,16H,9-12,15H2,1-6H3. The van der Waals surface area contributed by atoms with Gasteiger partial charge in [0.15, 0.2) is 5.78 Å². The Morgan fingerprint density at radius 3 is 2.23 bits per heavy atom. The molecule has 1 aromatic heterocycles. The molecule has 31 heavy (non-hydrogen) atoms. The van der Waals surface area contributed by atoms with Gasteiger partial charge in [0, 0.05) is 49.2 Å². The van der Waals surface area contributed by atoms with Crippen LogP contribution in [0, 0.1) is 20.8 Å². The molecular weight excluding hydrogens is 414 g/mol. The fourth-order valence-corrected chi connectivity index (χ4v) is 5.94. The smallest absolute Gasteiger partial charge is 0.243 e. The van der Waals surface area contributed by atoms with Crippen LogP contribution in [0.4, 0.5) is 0 Å². The number of carbonyl (C=O) groups excluding carboxylic acids is 1. The number of benzene rings is 1. The normalized spacial score (nSPS) is 16.1. The van der Waals surface area contributed by atoms with Crippen molar-refractivity contribution in [2.24, 2.45) is 0 Å². The van der Waals surface area contributed by atoms with Gasteiger partial charge in [0.05, 0.1) is 18.6 Å². The summed E-state index contributed by atoms with van der Waals surface area (Å²) in [4.78, 5) is 15.2. The number of ether oxygens (including phenoxy) is 1. The Bertz CT molecular complexity index is 1060. The van der Waals surface area contributed by atoms with E-state index in [0.29, 0.717) is 44.5 Å². The second kappa shape index (κ2) is 9.14. The number of methoxy groups -OCH3 is 1. The lowest BCUT2D eigenvalue weighted by Crippen LogP contribution is -2.49. The molecule has 0 saturated carbocycles. The average Bonchev–Trinajstić information content (AvgIpc) is 3.02. The lowest BCUT2D eigenvalue weighted by atomic mass is 10.1. The lowest BCUT2D eigenvalue weighted by molar-refractivity contribution is 0.0901.